The maximum absolute atomic E-state index is 12.3. The average Bonchev–Trinajstić information content (AvgIpc) is 2.54. The summed E-state index contributed by atoms with van der Waals surface area (Å²) in [4.78, 5) is 25.6. The van der Waals surface area contributed by atoms with Crippen molar-refractivity contribution in [3.05, 3.63) is 35.4 Å². The molecule has 0 spiro atoms. The predicted octanol–water partition coefficient (Wildman–Crippen LogP) is 1.76. The monoisotopic (exact) mass is 317 g/mol. The second kappa shape index (κ2) is 8.11. The highest BCUT2D eigenvalue weighted by Crippen LogP contribution is 2.18. The van der Waals surface area contributed by atoms with Gasteiger partial charge >= 0.3 is 0 Å². The van der Waals surface area contributed by atoms with Crippen molar-refractivity contribution in [1.29, 1.82) is 0 Å². The van der Waals surface area contributed by atoms with Gasteiger partial charge in [-0.1, -0.05) is 36.8 Å². The Balaban J connectivity index is 1.84. The molecule has 5 heteroatoms. The molecule has 1 aromatic carbocycles. The topological polar surface area (TPSA) is 75.4 Å². The zero-order valence-electron chi connectivity index (χ0n) is 14.0. The van der Waals surface area contributed by atoms with Crippen LogP contribution in [-0.4, -0.2) is 36.3 Å². The number of carbonyl (C=O) groups is 2. The van der Waals surface area contributed by atoms with E-state index in [1.165, 1.54) is 5.56 Å². The van der Waals surface area contributed by atoms with Gasteiger partial charge in [-0.05, 0) is 44.8 Å². The summed E-state index contributed by atoms with van der Waals surface area (Å²) in [6, 6.07) is 8.33. The van der Waals surface area contributed by atoms with E-state index in [0.717, 1.165) is 37.9 Å². The molecule has 1 aliphatic heterocycles. The number of amides is 2. The molecule has 126 valence electrons. The SMILES string of the molecule is CC[C@@H](NC(=O)CN1CCC(C(N)=O)CC1)c1ccc(C)cc1. The van der Waals surface area contributed by atoms with Gasteiger partial charge in [-0.15, -0.1) is 0 Å². The Kier molecular flexibility index (Phi) is 6.16. The first-order chi connectivity index (χ1) is 11.0. The van der Waals surface area contributed by atoms with E-state index in [1.54, 1.807) is 0 Å². The first kappa shape index (κ1) is 17.5. The number of carbonyl (C=O) groups excluding carboxylic acids is 2. The normalized spacial score (nSPS) is 17.7. The van der Waals surface area contributed by atoms with Crippen molar-refractivity contribution >= 4 is 11.8 Å². The van der Waals surface area contributed by atoms with Crippen LogP contribution in [0.5, 0.6) is 0 Å². The minimum absolute atomic E-state index is 0.0368. The number of nitrogens with zero attached hydrogens (tertiary/aromatic N) is 1. The summed E-state index contributed by atoms with van der Waals surface area (Å²) in [5.41, 5.74) is 7.69. The second-order valence-electron chi connectivity index (χ2n) is 6.39. The van der Waals surface area contributed by atoms with Crippen molar-refractivity contribution in [2.75, 3.05) is 19.6 Å². The van der Waals surface area contributed by atoms with Crippen LogP contribution in [0.15, 0.2) is 24.3 Å². The third kappa shape index (κ3) is 5.06. The van der Waals surface area contributed by atoms with E-state index in [1.807, 2.05) is 0 Å². The van der Waals surface area contributed by atoms with Crippen LogP contribution >= 0.6 is 0 Å². The van der Waals surface area contributed by atoms with Crippen molar-refractivity contribution in [3.8, 4) is 0 Å². The minimum atomic E-state index is -0.223. The lowest BCUT2D eigenvalue weighted by molar-refractivity contribution is -0.124. The maximum atomic E-state index is 12.3. The molecule has 1 atom stereocenters. The second-order valence-corrected chi connectivity index (χ2v) is 6.39. The average molecular weight is 317 g/mol. The van der Waals surface area contributed by atoms with E-state index in [9.17, 15) is 9.59 Å². The molecule has 23 heavy (non-hydrogen) atoms. The number of aryl methyl sites for hydroxylation is 1. The molecule has 0 bridgehead atoms. The number of hydrogen-bond acceptors (Lipinski definition) is 3. The van der Waals surface area contributed by atoms with Crippen LogP contribution in [0.2, 0.25) is 0 Å². The summed E-state index contributed by atoms with van der Waals surface area (Å²) < 4.78 is 0. The van der Waals surface area contributed by atoms with Gasteiger partial charge in [0.2, 0.25) is 11.8 Å². The van der Waals surface area contributed by atoms with Crippen molar-refractivity contribution in [1.82, 2.24) is 10.2 Å². The van der Waals surface area contributed by atoms with Gasteiger partial charge in [0.25, 0.3) is 0 Å². The molecule has 0 radical (unpaired) electrons. The summed E-state index contributed by atoms with van der Waals surface area (Å²) in [6.45, 7) is 6.01. The van der Waals surface area contributed by atoms with Crippen LogP contribution in [0.25, 0.3) is 0 Å². The standard InChI is InChI=1S/C18H27N3O2/c1-3-16(14-6-4-13(2)5-7-14)20-17(22)12-21-10-8-15(9-11-21)18(19)23/h4-7,15-16H,3,8-12H2,1-2H3,(H2,19,23)(H,20,22)/t16-/m1/s1. The summed E-state index contributed by atoms with van der Waals surface area (Å²) in [5, 5.41) is 3.11. The molecule has 5 nitrogen and oxygen atoms in total. The van der Waals surface area contributed by atoms with Gasteiger partial charge in [-0.3, -0.25) is 14.5 Å². The number of rotatable bonds is 6. The van der Waals surface area contributed by atoms with Gasteiger partial charge in [-0.2, -0.15) is 0 Å². The van der Waals surface area contributed by atoms with Crippen LogP contribution in [0, 0.1) is 12.8 Å². The zero-order chi connectivity index (χ0) is 16.8. The number of nitrogens with one attached hydrogen (secondary N) is 1. The van der Waals surface area contributed by atoms with E-state index in [4.69, 9.17) is 5.73 Å². The van der Waals surface area contributed by atoms with Gasteiger partial charge in [0.15, 0.2) is 0 Å². The number of benzene rings is 1. The summed E-state index contributed by atoms with van der Waals surface area (Å²) in [7, 11) is 0. The summed E-state index contributed by atoms with van der Waals surface area (Å²) in [6.07, 6.45) is 2.36. The Bertz CT molecular complexity index is 534. The lowest BCUT2D eigenvalue weighted by atomic mass is 9.96. The van der Waals surface area contributed by atoms with Gasteiger partial charge in [0, 0.05) is 5.92 Å². The van der Waals surface area contributed by atoms with Crippen molar-refractivity contribution in [2.24, 2.45) is 11.7 Å². The third-order valence-electron chi connectivity index (χ3n) is 4.58. The number of primary amides is 1. The highest BCUT2D eigenvalue weighted by Gasteiger charge is 2.24. The fourth-order valence-corrected chi connectivity index (χ4v) is 3.04. The molecular formula is C18H27N3O2. The molecule has 1 heterocycles. The summed E-state index contributed by atoms with van der Waals surface area (Å²) in [5.74, 6) is -0.222. The Morgan fingerprint density at radius 3 is 2.39 bits per heavy atom. The van der Waals surface area contributed by atoms with E-state index in [-0.39, 0.29) is 23.8 Å². The highest BCUT2D eigenvalue weighted by atomic mass is 16.2. The van der Waals surface area contributed by atoms with Crippen LogP contribution in [-0.2, 0) is 9.59 Å². The smallest absolute Gasteiger partial charge is 0.234 e. The molecule has 1 fully saturated rings. The van der Waals surface area contributed by atoms with Crippen LogP contribution in [0.4, 0.5) is 0 Å². The molecule has 0 aromatic heterocycles. The first-order valence-corrected chi connectivity index (χ1v) is 8.37. The third-order valence-corrected chi connectivity index (χ3v) is 4.58. The molecule has 1 aromatic rings. The lowest BCUT2D eigenvalue weighted by Gasteiger charge is -2.30. The molecule has 2 rings (SSSR count). The Morgan fingerprint density at radius 2 is 1.87 bits per heavy atom. The van der Waals surface area contributed by atoms with Crippen LogP contribution < -0.4 is 11.1 Å². The van der Waals surface area contributed by atoms with Gasteiger partial charge in [0.1, 0.15) is 0 Å². The first-order valence-electron chi connectivity index (χ1n) is 8.37. The van der Waals surface area contributed by atoms with Crippen molar-refractivity contribution < 1.29 is 9.59 Å². The Labute approximate surface area is 138 Å². The van der Waals surface area contributed by atoms with E-state index >= 15 is 0 Å². The molecule has 1 saturated heterocycles. The largest absolute Gasteiger partial charge is 0.369 e. The molecule has 2 amide bonds. The van der Waals surface area contributed by atoms with E-state index < -0.39 is 0 Å². The molecule has 0 unspecified atom stereocenters. The highest BCUT2D eigenvalue weighted by molar-refractivity contribution is 5.79. The Morgan fingerprint density at radius 1 is 1.26 bits per heavy atom. The van der Waals surface area contributed by atoms with Gasteiger partial charge in [0.05, 0.1) is 12.6 Å². The van der Waals surface area contributed by atoms with Gasteiger partial charge < -0.3 is 11.1 Å². The maximum Gasteiger partial charge on any atom is 0.234 e. The minimum Gasteiger partial charge on any atom is -0.369 e. The van der Waals surface area contributed by atoms with Crippen molar-refractivity contribution in [3.63, 3.8) is 0 Å². The van der Waals surface area contributed by atoms with Crippen molar-refractivity contribution in [2.45, 2.75) is 39.2 Å². The number of hydrogen-bond donors (Lipinski definition) is 2. The molecule has 3 N–H and O–H groups in total. The molecular weight excluding hydrogens is 290 g/mol. The fraction of sp³-hybridized carbons (Fsp3) is 0.556. The van der Waals surface area contributed by atoms with E-state index in [2.05, 4.69) is 48.3 Å². The van der Waals surface area contributed by atoms with Gasteiger partial charge in [-0.25, -0.2) is 0 Å². The molecule has 1 aliphatic rings. The van der Waals surface area contributed by atoms with Crippen LogP contribution in [0.3, 0.4) is 0 Å². The molecule has 0 aliphatic carbocycles. The molecule has 0 saturated carbocycles. The van der Waals surface area contributed by atoms with Crippen LogP contribution in [0.1, 0.15) is 43.4 Å². The number of nitrogens with two attached hydrogens (primary N) is 1. The Hall–Kier alpha value is -1.88. The van der Waals surface area contributed by atoms with E-state index in [0.29, 0.717) is 6.54 Å². The summed E-state index contributed by atoms with van der Waals surface area (Å²) >= 11 is 0. The lowest BCUT2D eigenvalue weighted by Crippen LogP contribution is -2.44. The zero-order valence-corrected chi connectivity index (χ0v) is 14.0. The number of piperidine rings is 1. The fourth-order valence-electron chi connectivity index (χ4n) is 3.04. The predicted molar refractivity (Wildman–Crippen MR) is 90.7 cm³/mol. The quantitative estimate of drug-likeness (QED) is 0.839. The number of likely N-dealkylation sites (tertiary alicyclic amines) is 1.